The Morgan fingerprint density at radius 1 is 1.31 bits per heavy atom. The van der Waals surface area contributed by atoms with Gasteiger partial charge in [-0.05, 0) is 24.3 Å². The number of amides is 2. The first-order valence-electron chi connectivity index (χ1n) is 4.54. The fraction of sp³-hybridized carbons (Fsp3) is 0. The highest BCUT2D eigenvalue weighted by molar-refractivity contribution is 5.88. The lowest BCUT2D eigenvalue weighted by Crippen LogP contribution is -2.19. The fourth-order valence-electron chi connectivity index (χ4n) is 1.29. The number of nitrogen functional groups attached to an aromatic ring is 1. The van der Waals surface area contributed by atoms with Crippen LogP contribution in [0.2, 0.25) is 0 Å². The first-order valence-corrected chi connectivity index (χ1v) is 4.54. The fourth-order valence-corrected chi connectivity index (χ4v) is 1.29. The highest BCUT2D eigenvalue weighted by atomic mass is 16.5. The smallest absolute Gasteiger partial charge is 0.316 e. The minimum absolute atomic E-state index is 0.328. The van der Waals surface area contributed by atoms with E-state index in [-0.39, 0.29) is 0 Å². The molecule has 0 aliphatic carbocycles. The Balaban J connectivity index is 2.22. The van der Waals surface area contributed by atoms with Crippen molar-refractivity contribution < 1.29 is 9.32 Å². The highest BCUT2D eigenvalue weighted by Crippen LogP contribution is 2.22. The van der Waals surface area contributed by atoms with Gasteiger partial charge in [-0.1, -0.05) is 5.16 Å². The summed E-state index contributed by atoms with van der Waals surface area (Å²) in [6.07, 6.45) is 0. The Morgan fingerprint density at radius 2 is 2.00 bits per heavy atom. The van der Waals surface area contributed by atoms with E-state index in [1.54, 1.807) is 30.3 Å². The van der Waals surface area contributed by atoms with Gasteiger partial charge in [0.2, 0.25) is 0 Å². The van der Waals surface area contributed by atoms with Gasteiger partial charge in [0.1, 0.15) is 0 Å². The molecule has 1 aromatic heterocycles. The molecule has 2 aromatic rings. The number of carbonyl (C=O) groups is 1. The van der Waals surface area contributed by atoms with E-state index in [0.29, 0.717) is 17.3 Å². The number of nitrogens with two attached hydrogens (primary N) is 2. The summed E-state index contributed by atoms with van der Waals surface area (Å²) in [6.45, 7) is 0. The number of nitrogens with one attached hydrogen (secondary N) is 1. The molecule has 0 unspecified atom stereocenters. The molecule has 0 fully saturated rings. The molecule has 0 radical (unpaired) electrons. The topological polar surface area (TPSA) is 107 Å². The van der Waals surface area contributed by atoms with Crippen molar-refractivity contribution in [1.82, 2.24) is 5.16 Å². The number of hydrogen-bond acceptors (Lipinski definition) is 4. The van der Waals surface area contributed by atoms with Crippen LogP contribution in [0, 0.1) is 0 Å². The average molecular weight is 218 g/mol. The Morgan fingerprint density at radius 3 is 2.50 bits per heavy atom. The van der Waals surface area contributed by atoms with Crippen molar-refractivity contribution in [3.63, 3.8) is 0 Å². The molecule has 6 heteroatoms. The van der Waals surface area contributed by atoms with E-state index in [2.05, 4.69) is 10.5 Å². The quantitative estimate of drug-likeness (QED) is 0.708. The monoisotopic (exact) mass is 218 g/mol. The zero-order valence-corrected chi connectivity index (χ0v) is 8.31. The third-order valence-electron chi connectivity index (χ3n) is 1.97. The van der Waals surface area contributed by atoms with Crippen LogP contribution >= 0.6 is 0 Å². The van der Waals surface area contributed by atoms with Crippen molar-refractivity contribution in [2.45, 2.75) is 0 Å². The Kier molecular flexibility index (Phi) is 2.47. The number of urea groups is 1. The van der Waals surface area contributed by atoms with Crippen LogP contribution in [-0.4, -0.2) is 11.2 Å². The van der Waals surface area contributed by atoms with Gasteiger partial charge < -0.3 is 21.3 Å². The van der Waals surface area contributed by atoms with Crippen molar-refractivity contribution in [3.8, 4) is 11.3 Å². The van der Waals surface area contributed by atoms with Gasteiger partial charge in [-0.25, -0.2) is 4.79 Å². The molecule has 2 rings (SSSR count). The molecule has 0 aliphatic heterocycles. The zero-order valence-electron chi connectivity index (χ0n) is 8.31. The number of rotatable bonds is 2. The normalized spacial score (nSPS) is 10.0. The van der Waals surface area contributed by atoms with Crippen LogP contribution in [0.4, 0.5) is 16.3 Å². The van der Waals surface area contributed by atoms with E-state index < -0.39 is 6.03 Å². The first kappa shape index (κ1) is 10.0. The summed E-state index contributed by atoms with van der Waals surface area (Å²) in [7, 11) is 0. The second-order valence-electron chi connectivity index (χ2n) is 3.18. The predicted molar refractivity (Wildman–Crippen MR) is 59.6 cm³/mol. The number of anilines is 2. The van der Waals surface area contributed by atoms with Crippen molar-refractivity contribution in [1.29, 1.82) is 0 Å². The van der Waals surface area contributed by atoms with E-state index in [0.717, 1.165) is 5.56 Å². The van der Waals surface area contributed by atoms with Crippen LogP contribution in [0.25, 0.3) is 11.3 Å². The summed E-state index contributed by atoms with van der Waals surface area (Å²) in [5, 5.41) is 6.03. The largest absolute Gasteiger partial charge is 0.381 e. The standard InChI is InChI=1S/C10H10N4O2/c11-9-5-8(16-14-9)6-1-3-7(4-2-6)13-10(12)15/h1-5H,(H2,11,14)(H3,12,13,15). The van der Waals surface area contributed by atoms with Gasteiger partial charge in [-0.2, -0.15) is 0 Å². The van der Waals surface area contributed by atoms with Gasteiger partial charge in [-0.3, -0.25) is 0 Å². The minimum atomic E-state index is -0.600. The van der Waals surface area contributed by atoms with E-state index in [1.165, 1.54) is 0 Å². The Hall–Kier alpha value is -2.50. The van der Waals surface area contributed by atoms with E-state index >= 15 is 0 Å². The molecule has 0 spiro atoms. The van der Waals surface area contributed by atoms with Crippen molar-refractivity contribution >= 4 is 17.5 Å². The summed E-state index contributed by atoms with van der Waals surface area (Å²) in [6, 6.07) is 7.97. The van der Waals surface area contributed by atoms with Gasteiger partial charge in [0.15, 0.2) is 11.6 Å². The summed E-state index contributed by atoms with van der Waals surface area (Å²) in [4.78, 5) is 10.6. The molecule has 82 valence electrons. The molecule has 0 aliphatic rings. The number of aromatic nitrogens is 1. The molecular weight excluding hydrogens is 208 g/mol. The van der Waals surface area contributed by atoms with Crippen molar-refractivity contribution in [2.75, 3.05) is 11.1 Å². The first-order chi connectivity index (χ1) is 7.65. The molecule has 1 heterocycles. The van der Waals surface area contributed by atoms with Crippen LogP contribution < -0.4 is 16.8 Å². The zero-order chi connectivity index (χ0) is 11.5. The number of hydrogen-bond donors (Lipinski definition) is 3. The maximum atomic E-state index is 10.6. The van der Waals surface area contributed by atoms with Gasteiger partial charge in [-0.15, -0.1) is 0 Å². The molecule has 16 heavy (non-hydrogen) atoms. The van der Waals surface area contributed by atoms with Crippen LogP contribution in [0.5, 0.6) is 0 Å². The van der Waals surface area contributed by atoms with Crippen molar-refractivity contribution in [3.05, 3.63) is 30.3 Å². The van der Waals surface area contributed by atoms with Crippen LogP contribution in [0.3, 0.4) is 0 Å². The number of nitrogens with zero attached hydrogens (tertiary/aromatic N) is 1. The van der Waals surface area contributed by atoms with E-state index in [9.17, 15) is 4.79 Å². The molecular formula is C10H10N4O2. The molecule has 0 bridgehead atoms. The second kappa shape index (κ2) is 3.93. The highest BCUT2D eigenvalue weighted by Gasteiger charge is 2.04. The minimum Gasteiger partial charge on any atom is -0.381 e. The summed E-state index contributed by atoms with van der Waals surface area (Å²) < 4.78 is 4.98. The number of benzene rings is 1. The SMILES string of the molecule is NC(=O)Nc1ccc(-c2cc(N)no2)cc1. The number of carbonyl (C=O) groups excluding carboxylic acids is 1. The average Bonchev–Trinajstić information content (AvgIpc) is 2.65. The molecule has 6 nitrogen and oxygen atoms in total. The Bertz CT molecular complexity index is 504. The van der Waals surface area contributed by atoms with Crippen molar-refractivity contribution in [2.24, 2.45) is 5.73 Å². The number of primary amides is 1. The lowest BCUT2D eigenvalue weighted by Gasteiger charge is -2.01. The molecule has 0 atom stereocenters. The summed E-state index contributed by atoms with van der Waals surface area (Å²) in [5.41, 5.74) is 11.8. The van der Waals surface area contributed by atoms with Gasteiger partial charge in [0, 0.05) is 17.3 Å². The summed E-state index contributed by atoms with van der Waals surface area (Å²) >= 11 is 0. The third kappa shape index (κ3) is 2.11. The van der Waals surface area contributed by atoms with E-state index in [1.807, 2.05) is 0 Å². The summed E-state index contributed by atoms with van der Waals surface area (Å²) in [5.74, 6) is 0.900. The molecule has 5 N–H and O–H groups in total. The molecule has 0 saturated heterocycles. The van der Waals surface area contributed by atoms with Gasteiger partial charge in [0.05, 0.1) is 0 Å². The maximum absolute atomic E-state index is 10.6. The molecule has 1 aromatic carbocycles. The molecule has 2 amide bonds. The predicted octanol–water partition coefficient (Wildman–Crippen LogP) is 1.41. The van der Waals surface area contributed by atoms with Crippen LogP contribution in [-0.2, 0) is 0 Å². The second-order valence-corrected chi connectivity index (χ2v) is 3.18. The Labute approximate surface area is 91.2 Å². The van der Waals surface area contributed by atoms with Crippen LogP contribution in [0.15, 0.2) is 34.9 Å². The lowest BCUT2D eigenvalue weighted by molar-refractivity contribution is 0.259. The van der Waals surface area contributed by atoms with E-state index in [4.69, 9.17) is 16.0 Å². The lowest BCUT2D eigenvalue weighted by atomic mass is 10.1. The van der Waals surface area contributed by atoms with Gasteiger partial charge >= 0.3 is 6.03 Å². The molecule has 0 saturated carbocycles. The van der Waals surface area contributed by atoms with Crippen LogP contribution in [0.1, 0.15) is 0 Å². The third-order valence-corrected chi connectivity index (χ3v) is 1.97. The van der Waals surface area contributed by atoms with Gasteiger partial charge in [0.25, 0.3) is 0 Å². The maximum Gasteiger partial charge on any atom is 0.316 e.